The average Bonchev–Trinajstić information content (AvgIpc) is 2.29. The molecular formula is C12H11NO3. The molecule has 0 amide bonds. The molecule has 0 unspecified atom stereocenters. The van der Waals surface area contributed by atoms with E-state index in [2.05, 4.69) is 6.07 Å². The highest BCUT2D eigenvalue weighted by Crippen LogP contribution is 2.38. The van der Waals surface area contributed by atoms with Crippen LogP contribution in [0.3, 0.4) is 0 Å². The summed E-state index contributed by atoms with van der Waals surface area (Å²) in [5, 5.41) is 18.1. The molecule has 2 rings (SSSR count). The summed E-state index contributed by atoms with van der Waals surface area (Å²) >= 11 is 0. The first kappa shape index (κ1) is 10.5. The van der Waals surface area contributed by atoms with Crippen LogP contribution in [0.15, 0.2) is 18.2 Å². The van der Waals surface area contributed by atoms with E-state index in [1.165, 1.54) is 12.1 Å². The van der Waals surface area contributed by atoms with Gasteiger partial charge in [0.05, 0.1) is 23.7 Å². The van der Waals surface area contributed by atoms with Crippen LogP contribution in [0.1, 0.15) is 29.3 Å². The minimum atomic E-state index is -0.992. The lowest BCUT2D eigenvalue weighted by molar-refractivity contribution is 0.0696. The first-order valence-corrected chi connectivity index (χ1v) is 4.99. The Bertz CT molecular complexity index is 490. The summed E-state index contributed by atoms with van der Waals surface area (Å²) in [5.74, 6) is -0.381. The SMILES string of the molecule is C[C@@]1(C#N)CCOc2ccc(C(=O)O)cc21. The normalized spacial score (nSPS) is 22.8. The van der Waals surface area contributed by atoms with E-state index in [-0.39, 0.29) is 5.56 Å². The fourth-order valence-corrected chi connectivity index (χ4v) is 1.84. The van der Waals surface area contributed by atoms with Crippen molar-refractivity contribution in [2.75, 3.05) is 6.61 Å². The third-order valence-electron chi connectivity index (χ3n) is 2.93. The number of hydrogen-bond acceptors (Lipinski definition) is 3. The fraction of sp³-hybridized carbons (Fsp3) is 0.333. The van der Waals surface area contributed by atoms with Gasteiger partial charge in [0.1, 0.15) is 5.75 Å². The minimum absolute atomic E-state index is 0.186. The molecule has 1 aliphatic rings. The monoisotopic (exact) mass is 217 g/mol. The summed E-state index contributed by atoms with van der Waals surface area (Å²) in [6.45, 7) is 2.30. The van der Waals surface area contributed by atoms with Crippen molar-refractivity contribution in [3.8, 4) is 11.8 Å². The lowest BCUT2D eigenvalue weighted by atomic mass is 9.78. The highest BCUT2D eigenvalue weighted by Gasteiger charge is 2.33. The quantitative estimate of drug-likeness (QED) is 0.780. The zero-order valence-corrected chi connectivity index (χ0v) is 8.86. The van der Waals surface area contributed by atoms with Gasteiger partial charge in [0.15, 0.2) is 0 Å². The van der Waals surface area contributed by atoms with Gasteiger partial charge < -0.3 is 9.84 Å². The van der Waals surface area contributed by atoms with Crippen LogP contribution in [0.5, 0.6) is 5.75 Å². The van der Waals surface area contributed by atoms with E-state index in [0.29, 0.717) is 24.3 Å². The van der Waals surface area contributed by atoms with Gasteiger partial charge >= 0.3 is 5.97 Å². The van der Waals surface area contributed by atoms with Crippen molar-refractivity contribution in [3.05, 3.63) is 29.3 Å². The molecule has 0 bridgehead atoms. The van der Waals surface area contributed by atoms with E-state index in [0.717, 1.165) is 0 Å². The van der Waals surface area contributed by atoms with Gasteiger partial charge in [-0.05, 0) is 25.1 Å². The maximum absolute atomic E-state index is 10.9. The van der Waals surface area contributed by atoms with Gasteiger partial charge in [0.25, 0.3) is 0 Å². The highest BCUT2D eigenvalue weighted by molar-refractivity contribution is 5.88. The van der Waals surface area contributed by atoms with Gasteiger partial charge in [-0.2, -0.15) is 5.26 Å². The van der Waals surface area contributed by atoms with Crippen LogP contribution in [0.25, 0.3) is 0 Å². The number of nitriles is 1. The van der Waals surface area contributed by atoms with Crippen molar-refractivity contribution >= 4 is 5.97 Å². The molecule has 1 aromatic carbocycles. The molecule has 0 spiro atoms. The van der Waals surface area contributed by atoms with Gasteiger partial charge in [0, 0.05) is 12.0 Å². The molecular weight excluding hydrogens is 206 g/mol. The molecule has 0 radical (unpaired) electrons. The zero-order chi connectivity index (χ0) is 11.8. The summed E-state index contributed by atoms with van der Waals surface area (Å²) in [5.41, 5.74) is 0.200. The van der Waals surface area contributed by atoms with E-state index < -0.39 is 11.4 Å². The molecule has 1 heterocycles. The maximum Gasteiger partial charge on any atom is 0.335 e. The molecule has 0 saturated carbocycles. The highest BCUT2D eigenvalue weighted by atomic mass is 16.5. The number of carbonyl (C=O) groups is 1. The first-order chi connectivity index (χ1) is 7.57. The molecule has 0 aliphatic carbocycles. The number of rotatable bonds is 1. The van der Waals surface area contributed by atoms with Crippen molar-refractivity contribution < 1.29 is 14.6 Å². The molecule has 4 nitrogen and oxygen atoms in total. The second-order valence-electron chi connectivity index (χ2n) is 4.06. The third-order valence-corrected chi connectivity index (χ3v) is 2.93. The van der Waals surface area contributed by atoms with Gasteiger partial charge in [-0.25, -0.2) is 4.79 Å². The second kappa shape index (κ2) is 3.53. The molecule has 16 heavy (non-hydrogen) atoms. The Balaban J connectivity index is 2.58. The van der Waals surface area contributed by atoms with Gasteiger partial charge in [-0.1, -0.05) is 0 Å². The molecule has 0 saturated heterocycles. The predicted molar refractivity (Wildman–Crippen MR) is 56.5 cm³/mol. The van der Waals surface area contributed by atoms with Crippen molar-refractivity contribution in [3.63, 3.8) is 0 Å². The molecule has 4 heteroatoms. The summed E-state index contributed by atoms with van der Waals surface area (Å²) in [4.78, 5) is 10.9. The Morgan fingerprint density at radius 1 is 1.62 bits per heavy atom. The summed E-state index contributed by atoms with van der Waals surface area (Å²) in [6, 6.07) is 6.87. The van der Waals surface area contributed by atoms with Crippen molar-refractivity contribution in [1.29, 1.82) is 5.26 Å². The third kappa shape index (κ3) is 1.50. The molecule has 1 N–H and O–H groups in total. The molecule has 0 aromatic heterocycles. The standard InChI is InChI=1S/C12H11NO3/c1-12(7-13)4-5-16-10-3-2-8(11(14)15)6-9(10)12/h2-3,6H,4-5H2,1H3,(H,14,15)/t12-/m0/s1. The maximum atomic E-state index is 10.9. The number of benzene rings is 1. The van der Waals surface area contributed by atoms with E-state index in [1.807, 2.05) is 0 Å². The fourth-order valence-electron chi connectivity index (χ4n) is 1.84. The number of carboxylic acids is 1. The second-order valence-corrected chi connectivity index (χ2v) is 4.06. The van der Waals surface area contributed by atoms with Crippen LogP contribution in [-0.2, 0) is 5.41 Å². The molecule has 1 atom stereocenters. The molecule has 1 aromatic rings. The topological polar surface area (TPSA) is 70.3 Å². The summed E-state index contributed by atoms with van der Waals surface area (Å²) in [7, 11) is 0. The van der Waals surface area contributed by atoms with E-state index in [9.17, 15) is 10.1 Å². The van der Waals surface area contributed by atoms with E-state index in [1.54, 1.807) is 13.0 Å². The predicted octanol–water partition coefficient (Wildman–Crippen LogP) is 1.95. The Labute approximate surface area is 93.1 Å². The van der Waals surface area contributed by atoms with Crippen LogP contribution in [0.4, 0.5) is 0 Å². The lowest BCUT2D eigenvalue weighted by Gasteiger charge is -2.29. The number of fused-ring (bicyclic) bond motifs is 1. The van der Waals surface area contributed by atoms with Gasteiger partial charge in [-0.15, -0.1) is 0 Å². The van der Waals surface area contributed by atoms with E-state index in [4.69, 9.17) is 9.84 Å². The van der Waals surface area contributed by atoms with Crippen molar-refractivity contribution in [2.45, 2.75) is 18.8 Å². The average molecular weight is 217 g/mol. The van der Waals surface area contributed by atoms with Gasteiger partial charge in [-0.3, -0.25) is 0 Å². The van der Waals surface area contributed by atoms with Crippen LogP contribution in [0, 0.1) is 11.3 Å². The first-order valence-electron chi connectivity index (χ1n) is 4.99. The van der Waals surface area contributed by atoms with Crippen LogP contribution in [0.2, 0.25) is 0 Å². The number of hydrogen-bond donors (Lipinski definition) is 1. The number of aromatic carboxylic acids is 1. The Hall–Kier alpha value is -2.02. The van der Waals surface area contributed by atoms with Crippen LogP contribution >= 0.6 is 0 Å². The minimum Gasteiger partial charge on any atom is -0.493 e. The summed E-state index contributed by atoms with van der Waals surface area (Å²) < 4.78 is 5.41. The number of carboxylic acid groups (broad SMARTS) is 1. The smallest absolute Gasteiger partial charge is 0.335 e. The number of nitrogens with zero attached hydrogens (tertiary/aromatic N) is 1. The van der Waals surface area contributed by atoms with E-state index >= 15 is 0 Å². The Morgan fingerprint density at radius 3 is 3.00 bits per heavy atom. The Morgan fingerprint density at radius 2 is 2.38 bits per heavy atom. The number of ether oxygens (including phenoxy) is 1. The van der Waals surface area contributed by atoms with Crippen molar-refractivity contribution in [1.82, 2.24) is 0 Å². The summed E-state index contributed by atoms with van der Waals surface area (Å²) in [6.07, 6.45) is 0.583. The molecule has 82 valence electrons. The largest absolute Gasteiger partial charge is 0.493 e. The van der Waals surface area contributed by atoms with Gasteiger partial charge in [0.2, 0.25) is 0 Å². The molecule has 0 fully saturated rings. The van der Waals surface area contributed by atoms with Crippen molar-refractivity contribution in [2.24, 2.45) is 0 Å². The zero-order valence-electron chi connectivity index (χ0n) is 8.86. The van der Waals surface area contributed by atoms with Crippen LogP contribution in [-0.4, -0.2) is 17.7 Å². The molecule has 1 aliphatic heterocycles. The lowest BCUT2D eigenvalue weighted by Crippen LogP contribution is -2.28. The van der Waals surface area contributed by atoms with Crippen LogP contribution < -0.4 is 4.74 Å². The Kier molecular flexibility index (Phi) is 2.31.